The molecule has 0 saturated heterocycles. The highest BCUT2D eigenvalue weighted by molar-refractivity contribution is 6.21. The van der Waals surface area contributed by atoms with E-state index in [-0.39, 0.29) is 50.7 Å². The van der Waals surface area contributed by atoms with Gasteiger partial charge in [0.1, 0.15) is 38.6 Å². The Kier molecular flexibility index (Phi) is 14.0. The second kappa shape index (κ2) is 21.2. The molecule has 11 heteroatoms. The molecule has 2 aliphatic heterocycles. The minimum atomic E-state index is -0.820. The van der Waals surface area contributed by atoms with Gasteiger partial charge in [0, 0.05) is 17.9 Å². The number of hydrogen-bond acceptors (Lipinski definition) is 10. The second-order valence-corrected chi connectivity index (χ2v) is 17.2. The lowest BCUT2D eigenvalue weighted by Crippen LogP contribution is -2.47. The first-order valence-electron chi connectivity index (χ1n) is 23.4. The van der Waals surface area contributed by atoms with E-state index in [4.69, 9.17) is 37.9 Å². The molecule has 0 saturated carbocycles. The lowest BCUT2D eigenvalue weighted by atomic mass is 9.80. The largest absolute Gasteiger partial charge is 0.486 e. The first-order chi connectivity index (χ1) is 34.0. The summed E-state index contributed by atoms with van der Waals surface area (Å²) in [6.07, 6.45) is 0.542. The van der Waals surface area contributed by atoms with Gasteiger partial charge in [-0.3, -0.25) is 14.5 Å². The summed E-state index contributed by atoms with van der Waals surface area (Å²) in [6, 6.07) is 55.4. The van der Waals surface area contributed by atoms with Crippen molar-refractivity contribution in [2.45, 2.75) is 44.4 Å². The standard InChI is InChI=1S/C58H53NO10/c60-56-46-23-13-14-24-47(46)57(61)59(56)27-28-62-29-30-63-31-32-69-58-35-45-33-51(65-37-42-17-7-2-8-18-42)52(66-38-43-19-9-3-10-20-43)34-49(45)53(58)48-25-26-50(64-36-41-15-5-1-6-16-41)55(54(48)68-40-58)67-39-44-21-11-4-12-22-44/h1-26,33-34,53H,27-32,35-40H2. The maximum atomic E-state index is 12.8. The highest BCUT2D eigenvalue weighted by atomic mass is 16.6. The summed E-state index contributed by atoms with van der Waals surface area (Å²) in [5, 5.41) is 0. The molecule has 2 unspecified atom stereocenters. The SMILES string of the molecule is O=C1c2ccccc2C(=O)N1CCOCCOCCOC12COc3c(ccc(OCc4ccccc4)c3OCc3ccccc3)C1c1cc(OCc3ccccc3)c(OCc3ccccc3)cc1C2. The molecule has 2 atom stereocenters. The molecule has 350 valence electrons. The van der Waals surface area contributed by atoms with Gasteiger partial charge in [0.05, 0.1) is 50.7 Å². The van der Waals surface area contributed by atoms with Crippen LogP contribution in [0.25, 0.3) is 0 Å². The molecule has 7 aromatic carbocycles. The second-order valence-electron chi connectivity index (χ2n) is 17.2. The molecular weight excluding hydrogens is 871 g/mol. The number of rotatable bonds is 22. The highest BCUT2D eigenvalue weighted by Crippen LogP contribution is 2.58. The average molecular weight is 924 g/mol. The lowest BCUT2D eigenvalue weighted by molar-refractivity contribution is -0.103. The van der Waals surface area contributed by atoms with Gasteiger partial charge < -0.3 is 37.9 Å². The van der Waals surface area contributed by atoms with Crippen molar-refractivity contribution in [3.05, 3.63) is 220 Å². The number of fused-ring (bicyclic) bond motifs is 6. The summed E-state index contributed by atoms with van der Waals surface area (Å²) in [5.41, 5.74) is 7.19. The first kappa shape index (κ1) is 45.3. The minimum absolute atomic E-state index is 0.166. The molecular formula is C58H53NO10. The van der Waals surface area contributed by atoms with E-state index < -0.39 is 5.60 Å². The molecule has 0 aromatic heterocycles. The minimum Gasteiger partial charge on any atom is -0.486 e. The molecule has 10 rings (SSSR count). The number of nitrogens with zero attached hydrogens (tertiary/aromatic N) is 1. The molecule has 69 heavy (non-hydrogen) atoms. The predicted octanol–water partition coefficient (Wildman–Crippen LogP) is 10.2. The third kappa shape index (κ3) is 10.2. The lowest BCUT2D eigenvalue weighted by Gasteiger charge is -2.41. The van der Waals surface area contributed by atoms with Gasteiger partial charge in [-0.05, 0) is 63.7 Å². The van der Waals surface area contributed by atoms with Crippen molar-refractivity contribution >= 4 is 11.8 Å². The molecule has 0 bridgehead atoms. The molecule has 0 fully saturated rings. The molecule has 2 heterocycles. The van der Waals surface area contributed by atoms with Crippen molar-refractivity contribution in [2.75, 3.05) is 46.2 Å². The van der Waals surface area contributed by atoms with E-state index in [0.29, 0.717) is 85.9 Å². The van der Waals surface area contributed by atoms with Crippen LogP contribution in [0.15, 0.2) is 170 Å². The number of amides is 2. The Balaban J connectivity index is 0.903. The Labute approximate surface area is 402 Å². The van der Waals surface area contributed by atoms with Crippen molar-refractivity contribution in [1.29, 1.82) is 0 Å². The fourth-order valence-corrected chi connectivity index (χ4v) is 9.27. The Hall–Kier alpha value is -7.44. The van der Waals surface area contributed by atoms with Crippen LogP contribution in [-0.2, 0) is 47.1 Å². The molecule has 0 N–H and O–H groups in total. The number of benzene rings is 7. The van der Waals surface area contributed by atoms with Crippen molar-refractivity contribution in [1.82, 2.24) is 4.90 Å². The fraction of sp³-hybridized carbons (Fsp3) is 0.241. The van der Waals surface area contributed by atoms with Gasteiger partial charge in [-0.25, -0.2) is 0 Å². The van der Waals surface area contributed by atoms with Gasteiger partial charge in [-0.15, -0.1) is 0 Å². The highest BCUT2D eigenvalue weighted by Gasteiger charge is 2.53. The third-order valence-corrected chi connectivity index (χ3v) is 12.7. The summed E-state index contributed by atoms with van der Waals surface area (Å²) in [6.45, 7) is 3.17. The quantitative estimate of drug-likeness (QED) is 0.0481. The van der Waals surface area contributed by atoms with Crippen LogP contribution >= 0.6 is 0 Å². The van der Waals surface area contributed by atoms with Crippen LogP contribution in [0.4, 0.5) is 0 Å². The maximum Gasteiger partial charge on any atom is 0.261 e. The van der Waals surface area contributed by atoms with Crippen molar-refractivity contribution in [2.24, 2.45) is 0 Å². The van der Waals surface area contributed by atoms with Crippen molar-refractivity contribution in [3.8, 4) is 28.7 Å². The van der Waals surface area contributed by atoms with Gasteiger partial charge in [0.15, 0.2) is 23.0 Å². The summed E-state index contributed by atoms with van der Waals surface area (Å²) < 4.78 is 52.1. The van der Waals surface area contributed by atoms with Gasteiger partial charge in [-0.2, -0.15) is 0 Å². The van der Waals surface area contributed by atoms with E-state index in [2.05, 4.69) is 18.2 Å². The normalized spacial score (nSPS) is 16.5. The smallest absolute Gasteiger partial charge is 0.261 e. The van der Waals surface area contributed by atoms with Gasteiger partial charge in [0.2, 0.25) is 5.75 Å². The fourth-order valence-electron chi connectivity index (χ4n) is 9.27. The average Bonchev–Trinajstić information content (AvgIpc) is 3.85. The summed E-state index contributed by atoms with van der Waals surface area (Å²) in [7, 11) is 0. The topological polar surface area (TPSA) is 111 Å². The van der Waals surface area contributed by atoms with Crippen molar-refractivity contribution in [3.63, 3.8) is 0 Å². The third-order valence-electron chi connectivity index (χ3n) is 12.7. The van der Waals surface area contributed by atoms with Crippen LogP contribution in [0, 0.1) is 0 Å². The molecule has 0 spiro atoms. The van der Waals surface area contributed by atoms with E-state index in [0.717, 1.165) is 38.9 Å². The Morgan fingerprint density at radius 2 is 0.971 bits per heavy atom. The predicted molar refractivity (Wildman–Crippen MR) is 259 cm³/mol. The maximum absolute atomic E-state index is 12.8. The Morgan fingerprint density at radius 3 is 1.54 bits per heavy atom. The zero-order valence-electron chi connectivity index (χ0n) is 38.3. The number of ether oxygens (including phenoxy) is 8. The zero-order valence-corrected chi connectivity index (χ0v) is 38.3. The van der Waals surface area contributed by atoms with Crippen molar-refractivity contribution < 1.29 is 47.5 Å². The van der Waals surface area contributed by atoms with Crippen LogP contribution in [0.1, 0.15) is 65.6 Å². The molecule has 7 aromatic rings. The number of carbonyl (C=O) groups is 2. The molecule has 2 amide bonds. The monoisotopic (exact) mass is 923 g/mol. The van der Waals surface area contributed by atoms with Crippen LogP contribution < -0.4 is 23.7 Å². The molecule has 1 aliphatic carbocycles. The summed E-state index contributed by atoms with van der Waals surface area (Å²) in [4.78, 5) is 26.8. The van der Waals surface area contributed by atoms with Crippen LogP contribution in [0.2, 0.25) is 0 Å². The van der Waals surface area contributed by atoms with Crippen LogP contribution in [0.3, 0.4) is 0 Å². The van der Waals surface area contributed by atoms with Gasteiger partial charge >= 0.3 is 0 Å². The van der Waals surface area contributed by atoms with Crippen LogP contribution in [-0.4, -0.2) is 68.5 Å². The van der Waals surface area contributed by atoms with E-state index in [1.807, 2.05) is 127 Å². The van der Waals surface area contributed by atoms with Gasteiger partial charge in [-0.1, -0.05) is 140 Å². The van der Waals surface area contributed by atoms with E-state index in [1.54, 1.807) is 24.3 Å². The molecule has 3 aliphatic rings. The Morgan fingerprint density at radius 1 is 0.493 bits per heavy atom. The molecule has 11 nitrogen and oxygen atoms in total. The summed E-state index contributed by atoms with van der Waals surface area (Å²) >= 11 is 0. The summed E-state index contributed by atoms with van der Waals surface area (Å²) in [5.74, 6) is 2.12. The number of hydrogen-bond donors (Lipinski definition) is 0. The van der Waals surface area contributed by atoms with E-state index >= 15 is 0 Å². The Bertz CT molecular complexity index is 2830. The first-order valence-corrected chi connectivity index (χ1v) is 23.4. The molecule has 0 radical (unpaired) electrons. The van der Waals surface area contributed by atoms with Gasteiger partial charge in [0.25, 0.3) is 11.8 Å². The van der Waals surface area contributed by atoms with Crippen LogP contribution in [0.5, 0.6) is 28.7 Å². The van der Waals surface area contributed by atoms with E-state index in [9.17, 15) is 9.59 Å². The number of imide groups is 1. The van der Waals surface area contributed by atoms with E-state index in [1.165, 1.54) is 4.90 Å². The zero-order chi connectivity index (χ0) is 46.8. The number of carbonyl (C=O) groups excluding carboxylic acids is 2.